The van der Waals surface area contributed by atoms with E-state index in [2.05, 4.69) is 4.90 Å². The van der Waals surface area contributed by atoms with Gasteiger partial charge in [-0.3, -0.25) is 10.3 Å². The summed E-state index contributed by atoms with van der Waals surface area (Å²) < 4.78 is 13.4. The van der Waals surface area contributed by atoms with Gasteiger partial charge in [-0.25, -0.2) is 4.39 Å². The average molecular weight is 223 g/mol. The lowest BCUT2D eigenvalue weighted by Gasteiger charge is -2.20. The van der Waals surface area contributed by atoms with Crippen LogP contribution in [-0.4, -0.2) is 23.8 Å². The topological polar surface area (TPSA) is 53.1 Å². The van der Waals surface area contributed by atoms with Crippen LogP contribution in [0.2, 0.25) is 0 Å². The SMILES string of the molecule is CCN(CCC(=N)N)Cc1ccccc1F. The number of benzene rings is 1. The first kappa shape index (κ1) is 12.6. The zero-order valence-electron chi connectivity index (χ0n) is 9.54. The van der Waals surface area contributed by atoms with E-state index in [1.165, 1.54) is 6.07 Å². The van der Waals surface area contributed by atoms with Gasteiger partial charge in [0.2, 0.25) is 0 Å². The van der Waals surface area contributed by atoms with Crippen molar-refractivity contribution in [2.24, 2.45) is 5.73 Å². The molecule has 0 aliphatic carbocycles. The molecular formula is C12H18FN3. The van der Waals surface area contributed by atoms with Crippen LogP contribution in [0, 0.1) is 11.2 Å². The molecular weight excluding hydrogens is 205 g/mol. The molecule has 0 amide bonds. The maximum Gasteiger partial charge on any atom is 0.127 e. The first-order chi connectivity index (χ1) is 7.63. The van der Waals surface area contributed by atoms with Gasteiger partial charge >= 0.3 is 0 Å². The van der Waals surface area contributed by atoms with Crippen LogP contribution in [0.1, 0.15) is 18.9 Å². The molecule has 0 saturated carbocycles. The standard InChI is InChI=1S/C12H18FN3/c1-2-16(8-7-12(14)15)9-10-5-3-4-6-11(10)13/h3-6H,2,7-9H2,1H3,(H3,14,15). The molecule has 1 rings (SSSR count). The van der Waals surface area contributed by atoms with E-state index in [9.17, 15) is 4.39 Å². The molecule has 88 valence electrons. The van der Waals surface area contributed by atoms with Gasteiger partial charge in [-0.05, 0) is 12.6 Å². The van der Waals surface area contributed by atoms with Crippen LogP contribution in [-0.2, 0) is 6.54 Å². The van der Waals surface area contributed by atoms with Crippen molar-refractivity contribution in [1.29, 1.82) is 5.41 Å². The Morgan fingerprint density at radius 3 is 2.69 bits per heavy atom. The summed E-state index contributed by atoms with van der Waals surface area (Å²) in [7, 11) is 0. The third-order valence-electron chi connectivity index (χ3n) is 2.50. The predicted octanol–water partition coefficient (Wildman–Crippen LogP) is 1.97. The lowest BCUT2D eigenvalue weighted by atomic mass is 10.2. The Labute approximate surface area is 95.6 Å². The Morgan fingerprint density at radius 2 is 2.12 bits per heavy atom. The average Bonchev–Trinajstić information content (AvgIpc) is 2.26. The second kappa shape index (κ2) is 6.23. The Balaban J connectivity index is 2.56. The number of nitrogens with one attached hydrogen (secondary N) is 1. The van der Waals surface area contributed by atoms with Gasteiger partial charge in [-0.15, -0.1) is 0 Å². The first-order valence-corrected chi connectivity index (χ1v) is 5.42. The minimum Gasteiger partial charge on any atom is -0.388 e. The number of nitrogens with zero attached hydrogens (tertiary/aromatic N) is 1. The van der Waals surface area contributed by atoms with E-state index in [1.54, 1.807) is 12.1 Å². The summed E-state index contributed by atoms with van der Waals surface area (Å²) in [6.45, 7) is 4.10. The number of hydrogen-bond acceptors (Lipinski definition) is 2. The zero-order valence-corrected chi connectivity index (χ0v) is 9.54. The molecule has 0 saturated heterocycles. The molecule has 0 radical (unpaired) electrons. The van der Waals surface area contributed by atoms with E-state index in [1.807, 2.05) is 13.0 Å². The number of amidine groups is 1. The summed E-state index contributed by atoms with van der Waals surface area (Å²) in [5.41, 5.74) is 5.99. The van der Waals surface area contributed by atoms with Crippen LogP contribution in [0.25, 0.3) is 0 Å². The van der Waals surface area contributed by atoms with Gasteiger partial charge in [0.05, 0.1) is 5.84 Å². The number of hydrogen-bond donors (Lipinski definition) is 2. The van der Waals surface area contributed by atoms with E-state index in [0.717, 1.165) is 6.54 Å². The normalized spacial score (nSPS) is 10.7. The van der Waals surface area contributed by atoms with Crippen molar-refractivity contribution in [3.63, 3.8) is 0 Å². The highest BCUT2D eigenvalue weighted by Gasteiger charge is 2.07. The van der Waals surface area contributed by atoms with E-state index in [-0.39, 0.29) is 11.7 Å². The van der Waals surface area contributed by atoms with Crippen LogP contribution < -0.4 is 5.73 Å². The second-order valence-electron chi connectivity index (χ2n) is 3.74. The lowest BCUT2D eigenvalue weighted by Crippen LogP contribution is -2.27. The van der Waals surface area contributed by atoms with Crippen molar-refractivity contribution in [3.05, 3.63) is 35.6 Å². The second-order valence-corrected chi connectivity index (χ2v) is 3.74. The van der Waals surface area contributed by atoms with Gasteiger partial charge in [0.1, 0.15) is 5.82 Å². The molecule has 0 unspecified atom stereocenters. The molecule has 0 fully saturated rings. The lowest BCUT2D eigenvalue weighted by molar-refractivity contribution is 0.284. The highest BCUT2D eigenvalue weighted by Crippen LogP contribution is 2.09. The summed E-state index contributed by atoms with van der Waals surface area (Å²) in [5.74, 6) is -0.00393. The number of nitrogens with two attached hydrogens (primary N) is 1. The maximum absolute atomic E-state index is 13.4. The Hall–Kier alpha value is -1.42. The smallest absolute Gasteiger partial charge is 0.127 e. The highest BCUT2D eigenvalue weighted by molar-refractivity contribution is 5.76. The van der Waals surface area contributed by atoms with Crippen molar-refractivity contribution >= 4 is 5.84 Å². The highest BCUT2D eigenvalue weighted by atomic mass is 19.1. The van der Waals surface area contributed by atoms with Crippen LogP contribution in [0.4, 0.5) is 4.39 Å². The van der Waals surface area contributed by atoms with Crippen molar-refractivity contribution in [3.8, 4) is 0 Å². The van der Waals surface area contributed by atoms with E-state index >= 15 is 0 Å². The first-order valence-electron chi connectivity index (χ1n) is 5.42. The van der Waals surface area contributed by atoms with Gasteiger partial charge < -0.3 is 5.73 Å². The minimum atomic E-state index is -0.177. The van der Waals surface area contributed by atoms with E-state index in [4.69, 9.17) is 11.1 Å². The Morgan fingerprint density at radius 1 is 1.44 bits per heavy atom. The number of halogens is 1. The fraction of sp³-hybridized carbons (Fsp3) is 0.417. The van der Waals surface area contributed by atoms with Gasteiger partial charge in [-0.2, -0.15) is 0 Å². The molecule has 0 aliphatic heterocycles. The fourth-order valence-corrected chi connectivity index (χ4v) is 1.50. The fourth-order valence-electron chi connectivity index (χ4n) is 1.50. The molecule has 0 heterocycles. The zero-order chi connectivity index (χ0) is 12.0. The molecule has 3 N–H and O–H groups in total. The van der Waals surface area contributed by atoms with Crippen LogP contribution in [0.3, 0.4) is 0 Å². The van der Waals surface area contributed by atoms with Crippen LogP contribution in [0.5, 0.6) is 0 Å². The molecule has 1 aromatic rings. The third kappa shape index (κ3) is 3.98. The van der Waals surface area contributed by atoms with E-state index < -0.39 is 0 Å². The molecule has 0 spiro atoms. The maximum atomic E-state index is 13.4. The number of rotatable bonds is 6. The molecule has 4 heteroatoms. The van der Waals surface area contributed by atoms with Gasteiger partial charge in [0.25, 0.3) is 0 Å². The molecule has 0 bridgehead atoms. The predicted molar refractivity (Wildman–Crippen MR) is 63.9 cm³/mol. The van der Waals surface area contributed by atoms with Crippen LogP contribution in [0.15, 0.2) is 24.3 Å². The molecule has 0 atom stereocenters. The van der Waals surface area contributed by atoms with Gasteiger partial charge in [-0.1, -0.05) is 25.1 Å². The van der Waals surface area contributed by atoms with Gasteiger partial charge in [0.15, 0.2) is 0 Å². The van der Waals surface area contributed by atoms with Crippen molar-refractivity contribution in [2.75, 3.05) is 13.1 Å². The molecule has 16 heavy (non-hydrogen) atoms. The molecule has 1 aromatic carbocycles. The van der Waals surface area contributed by atoms with Crippen molar-refractivity contribution < 1.29 is 4.39 Å². The summed E-state index contributed by atoms with van der Waals surface area (Å²) in [5, 5.41) is 7.16. The van der Waals surface area contributed by atoms with Crippen molar-refractivity contribution in [2.45, 2.75) is 19.9 Å². The monoisotopic (exact) mass is 223 g/mol. The van der Waals surface area contributed by atoms with E-state index in [0.29, 0.717) is 25.1 Å². The van der Waals surface area contributed by atoms with Crippen LogP contribution >= 0.6 is 0 Å². The summed E-state index contributed by atoms with van der Waals surface area (Å²) in [4.78, 5) is 2.07. The minimum absolute atomic E-state index is 0.173. The summed E-state index contributed by atoms with van der Waals surface area (Å²) >= 11 is 0. The molecule has 0 aliphatic rings. The largest absolute Gasteiger partial charge is 0.388 e. The molecule has 0 aromatic heterocycles. The Bertz CT molecular complexity index is 352. The summed E-state index contributed by atoms with van der Waals surface area (Å²) in [6.07, 6.45) is 0.530. The quantitative estimate of drug-likeness (QED) is 0.572. The van der Waals surface area contributed by atoms with Crippen molar-refractivity contribution in [1.82, 2.24) is 4.90 Å². The third-order valence-corrected chi connectivity index (χ3v) is 2.50. The summed E-state index contributed by atoms with van der Waals surface area (Å²) in [6, 6.07) is 6.77. The van der Waals surface area contributed by atoms with Gasteiger partial charge in [0, 0.05) is 25.1 Å². The molecule has 3 nitrogen and oxygen atoms in total. The Kier molecular flexibility index (Phi) is 4.92.